The number of nitrogens with zero attached hydrogens (tertiary/aromatic N) is 1. The van der Waals surface area contributed by atoms with Gasteiger partial charge in [-0.1, -0.05) is 182 Å². The van der Waals surface area contributed by atoms with Gasteiger partial charge in [-0.2, -0.15) is 0 Å². The molecule has 8 N–H and O–H groups in total. The Morgan fingerprint density at radius 3 is 0.607 bits per heavy atom. The van der Waals surface area contributed by atoms with E-state index in [0.29, 0.717) is 0 Å². The molecule has 0 fully saturated rings. The maximum atomic E-state index is 5.06. The first-order chi connectivity index (χ1) is 27.7. The van der Waals surface area contributed by atoms with Gasteiger partial charge < -0.3 is 27.8 Å². The highest BCUT2D eigenvalue weighted by atomic mass is 31.1. The fourth-order valence-electron chi connectivity index (χ4n) is 6.16. The molecule has 0 unspecified atom stereocenters. The second kappa shape index (κ2) is 27.9. The van der Waals surface area contributed by atoms with Crippen molar-refractivity contribution in [3.63, 3.8) is 0 Å². The number of hydrogen-bond acceptors (Lipinski definition) is 5. The van der Waals surface area contributed by atoms with Crippen LogP contribution in [0.4, 0.5) is 0 Å². The summed E-state index contributed by atoms with van der Waals surface area (Å²) in [5, 5.41) is 8.81. The smallest absolute Gasteiger partial charge is 0.00270 e. The van der Waals surface area contributed by atoms with E-state index in [9.17, 15) is 0 Å². The molecular weight excluding hydrogens is 739 g/mol. The first-order valence-electron chi connectivity index (χ1n) is 19.8. The minimum Gasteiger partial charge on any atom is -0.330 e. The second-order valence-electron chi connectivity index (χ2n) is 13.2. The fraction of sp³-hybridized carbons (Fsp3) is 0.250. The first-order valence-corrected chi connectivity index (χ1v) is 24.4. The Morgan fingerprint density at radius 1 is 0.286 bits per heavy atom. The van der Waals surface area contributed by atoms with Gasteiger partial charge in [0.1, 0.15) is 0 Å². The maximum Gasteiger partial charge on any atom is 0.00270 e. The average Bonchev–Trinajstić information content (AvgIpc) is 3.27. The van der Waals surface area contributed by atoms with Gasteiger partial charge in [0.05, 0.1) is 0 Å². The van der Waals surface area contributed by atoms with E-state index in [1.807, 2.05) is 0 Å². The Kier molecular flexibility index (Phi) is 22.5. The monoisotopic (exact) mass is 801 g/mol. The van der Waals surface area contributed by atoms with Crippen LogP contribution >= 0.6 is 23.8 Å². The summed E-state index contributed by atoms with van der Waals surface area (Å²) < 4.78 is 0. The largest absolute Gasteiger partial charge is 0.330 e. The molecule has 0 amide bonds. The van der Waals surface area contributed by atoms with Crippen molar-refractivity contribution in [2.75, 3.05) is 64.3 Å². The topological polar surface area (TPSA) is 107 Å². The average molecular weight is 802 g/mol. The third-order valence-electron chi connectivity index (χ3n) is 9.14. The van der Waals surface area contributed by atoms with Crippen LogP contribution in [0.3, 0.4) is 0 Å². The van der Waals surface area contributed by atoms with Crippen molar-refractivity contribution in [3.8, 4) is 0 Å². The van der Waals surface area contributed by atoms with E-state index >= 15 is 0 Å². The molecule has 56 heavy (non-hydrogen) atoms. The van der Waals surface area contributed by atoms with E-state index in [-0.39, 0.29) is 0 Å². The highest BCUT2D eigenvalue weighted by Gasteiger charge is 2.21. The zero-order valence-electron chi connectivity index (χ0n) is 32.9. The molecule has 6 rings (SSSR count). The van der Waals surface area contributed by atoms with Gasteiger partial charge in [0, 0.05) is 19.6 Å². The Bertz CT molecular complexity index is 1470. The molecule has 5 nitrogen and oxygen atoms in total. The van der Waals surface area contributed by atoms with Gasteiger partial charge in [-0.15, -0.1) is 0 Å². The molecule has 0 bridgehead atoms. The Morgan fingerprint density at radius 2 is 0.464 bits per heavy atom. The van der Waals surface area contributed by atoms with Crippen LogP contribution in [0.25, 0.3) is 0 Å². The van der Waals surface area contributed by atoms with E-state index in [2.05, 4.69) is 187 Å². The van der Waals surface area contributed by atoms with Crippen molar-refractivity contribution in [1.82, 2.24) is 4.90 Å². The van der Waals surface area contributed by atoms with Crippen LogP contribution in [0, 0.1) is 0 Å². The van der Waals surface area contributed by atoms with Gasteiger partial charge in [-0.3, -0.25) is 0 Å². The molecule has 0 radical (unpaired) electrons. The third kappa shape index (κ3) is 16.1. The molecule has 0 heterocycles. The molecule has 0 saturated heterocycles. The third-order valence-corrected chi connectivity index (χ3v) is 16.6. The lowest BCUT2D eigenvalue weighted by molar-refractivity contribution is 0.328. The van der Waals surface area contributed by atoms with Gasteiger partial charge in [0.2, 0.25) is 0 Å². The summed E-state index contributed by atoms with van der Waals surface area (Å²) in [6, 6.07) is 67.2. The van der Waals surface area contributed by atoms with E-state index in [0.717, 1.165) is 77.1 Å². The van der Waals surface area contributed by atoms with Crippen LogP contribution in [-0.4, -0.2) is 69.2 Å². The van der Waals surface area contributed by atoms with Crippen LogP contribution in [0.15, 0.2) is 182 Å². The van der Waals surface area contributed by atoms with Crippen LogP contribution < -0.4 is 54.8 Å². The zero-order valence-corrected chi connectivity index (χ0v) is 35.6. The minimum atomic E-state index is -0.442. The zero-order chi connectivity index (χ0) is 39.5. The van der Waals surface area contributed by atoms with E-state index in [1.165, 1.54) is 31.8 Å². The summed E-state index contributed by atoms with van der Waals surface area (Å²) in [5.74, 6) is 0. The van der Waals surface area contributed by atoms with Crippen molar-refractivity contribution in [2.24, 2.45) is 22.9 Å². The predicted molar refractivity (Wildman–Crippen MR) is 254 cm³/mol. The molecule has 0 atom stereocenters. The van der Waals surface area contributed by atoms with Crippen LogP contribution in [-0.2, 0) is 0 Å². The maximum absolute atomic E-state index is 5.06. The number of rotatable bonds is 19. The van der Waals surface area contributed by atoms with Gasteiger partial charge in [-0.25, -0.2) is 0 Å². The van der Waals surface area contributed by atoms with Crippen molar-refractivity contribution in [1.29, 1.82) is 0 Å². The van der Waals surface area contributed by atoms with Gasteiger partial charge >= 0.3 is 0 Å². The van der Waals surface area contributed by atoms with E-state index in [4.69, 9.17) is 22.9 Å². The van der Waals surface area contributed by atoms with Crippen molar-refractivity contribution >= 4 is 55.6 Å². The first kappa shape index (κ1) is 45.1. The SMILES string of the molecule is NCCCN.NCCCN.c1ccc(P(CCN(CCP(c2ccccc2)c2ccccc2)CCP(c2ccccc2)c2ccccc2)c2ccccc2)cc1. The van der Waals surface area contributed by atoms with Crippen LogP contribution in [0.2, 0.25) is 0 Å². The highest BCUT2D eigenvalue weighted by molar-refractivity contribution is 7.73. The van der Waals surface area contributed by atoms with E-state index < -0.39 is 23.8 Å². The minimum absolute atomic E-state index is 0.442. The second-order valence-corrected chi connectivity index (χ2v) is 20.2. The number of benzene rings is 6. The summed E-state index contributed by atoms with van der Waals surface area (Å²) >= 11 is 0. The lowest BCUT2D eigenvalue weighted by atomic mass is 10.4. The molecule has 0 aliphatic heterocycles. The van der Waals surface area contributed by atoms with Crippen LogP contribution in [0.1, 0.15) is 12.8 Å². The summed E-state index contributed by atoms with van der Waals surface area (Å²) in [6.45, 7) is 6.15. The molecule has 0 spiro atoms. The lowest BCUT2D eigenvalue weighted by Crippen LogP contribution is -2.35. The Balaban J connectivity index is 0.000000620. The molecule has 0 aromatic heterocycles. The Labute approximate surface area is 341 Å². The highest BCUT2D eigenvalue weighted by Crippen LogP contribution is 2.37. The van der Waals surface area contributed by atoms with Gasteiger partial charge in [0.25, 0.3) is 0 Å². The summed E-state index contributed by atoms with van der Waals surface area (Å²) in [4.78, 5) is 2.80. The predicted octanol–water partition coefficient (Wildman–Crippen LogP) is 6.27. The standard InChI is InChI=1S/C42H42NP3.2C3H10N2/c1-7-19-37(20-8-1)44(38-21-9-2-10-22-38)34-31-43(32-35-45(39-23-11-3-12-24-39)40-25-13-4-14-26-40)33-36-46(41-27-15-5-16-28-41)42-29-17-6-18-30-42;2*4-2-1-3-5/h1-30H,31-36H2;2*1-5H2. The van der Waals surface area contributed by atoms with Crippen molar-refractivity contribution in [2.45, 2.75) is 12.8 Å². The van der Waals surface area contributed by atoms with Gasteiger partial charge in [-0.05, 0) is 113 Å². The normalized spacial score (nSPS) is 10.9. The fourth-order valence-corrected chi connectivity index (χ4v) is 13.2. The molecule has 8 heteroatoms. The molecule has 0 aliphatic rings. The van der Waals surface area contributed by atoms with Crippen molar-refractivity contribution < 1.29 is 0 Å². The summed E-state index contributed by atoms with van der Waals surface area (Å²) in [6.07, 6.45) is 5.37. The summed E-state index contributed by atoms with van der Waals surface area (Å²) in [7, 11) is -1.33. The molecule has 0 saturated carbocycles. The van der Waals surface area contributed by atoms with Crippen molar-refractivity contribution in [3.05, 3.63) is 182 Å². The molecular formula is C48H62N5P3. The number of hydrogen-bond donors (Lipinski definition) is 4. The van der Waals surface area contributed by atoms with Crippen LogP contribution in [0.5, 0.6) is 0 Å². The molecule has 6 aromatic rings. The summed E-state index contributed by atoms with van der Waals surface area (Å²) in [5.41, 5.74) is 20.2. The van der Waals surface area contributed by atoms with E-state index in [1.54, 1.807) is 0 Å². The number of nitrogens with two attached hydrogens (primary N) is 4. The quantitative estimate of drug-likeness (QED) is 0.0723. The molecule has 294 valence electrons. The Hall–Kier alpha value is -3.59. The lowest BCUT2D eigenvalue weighted by Gasteiger charge is -2.30. The van der Waals surface area contributed by atoms with Gasteiger partial charge in [0.15, 0.2) is 0 Å². The molecule has 0 aliphatic carbocycles. The molecule has 6 aromatic carbocycles.